The van der Waals surface area contributed by atoms with Gasteiger partial charge in [-0.1, -0.05) is 18.2 Å². The van der Waals surface area contributed by atoms with E-state index in [9.17, 15) is 14.0 Å². The lowest BCUT2D eigenvalue weighted by Crippen LogP contribution is -2.49. The molecule has 0 unspecified atom stereocenters. The molecule has 1 saturated heterocycles. The number of hydrogen-bond donors (Lipinski definition) is 0. The molecule has 0 N–H and O–H groups in total. The average molecular weight is 386 g/mol. The van der Waals surface area contributed by atoms with Crippen molar-refractivity contribution in [3.8, 4) is 0 Å². The van der Waals surface area contributed by atoms with Crippen LogP contribution >= 0.6 is 0 Å². The van der Waals surface area contributed by atoms with Crippen molar-refractivity contribution in [2.24, 2.45) is 0 Å². The van der Waals surface area contributed by atoms with Gasteiger partial charge in [0.15, 0.2) is 0 Å². The van der Waals surface area contributed by atoms with Gasteiger partial charge in [-0.2, -0.15) is 0 Å². The van der Waals surface area contributed by atoms with Gasteiger partial charge < -0.3 is 14.4 Å². The Morgan fingerprint density at radius 1 is 1.25 bits per heavy atom. The third-order valence-corrected chi connectivity index (χ3v) is 5.47. The number of nitrogens with zero attached hydrogens (tertiary/aromatic N) is 4. The van der Waals surface area contributed by atoms with Gasteiger partial charge in [0, 0.05) is 51.5 Å². The highest BCUT2D eigenvalue weighted by Gasteiger charge is 2.28. The molecule has 6 nitrogen and oxygen atoms in total. The van der Waals surface area contributed by atoms with E-state index in [4.69, 9.17) is 0 Å². The second-order valence-electron chi connectivity index (χ2n) is 7.26. The maximum Gasteiger partial charge on any atom is 0.227 e. The highest BCUT2D eigenvalue weighted by molar-refractivity contribution is 5.79. The molecule has 2 aromatic rings. The number of aryl methyl sites for hydroxylation is 1. The van der Waals surface area contributed by atoms with E-state index < -0.39 is 0 Å². The Bertz CT molecular complexity index is 827. The Balaban J connectivity index is 1.53. The number of imidazole rings is 1. The van der Waals surface area contributed by atoms with E-state index in [0.29, 0.717) is 31.7 Å². The second kappa shape index (κ2) is 8.99. The van der Waals surface area contributed by atoms with Crippen molar-refractivity contribution in [3.05, 3.63) is 53.9 Å². The highest BCUT2D eigenvalue weighted by Crippen LogP contribution is 2.19. The first-order chi connectivity index (χ1) is 13.5. The summed E-state index contributed by atoms with van der Waals surface area (Å²) in [5, 5.41) is 0. The van der Waals surface area contributed by atoms with Gasteiger partial charge in [0.05, 0.1) is 6.42 Å². The van der Waals surface area contributed by atoms with Gasteiger partial charge in [-0.15, -0.1) is 0 Å². The molecule has 0 spiro atoms. The largest absolute Gasteiger partial charge is 0.342 e. The Kier molecular flexibility index (Phi) is 6.44. The summed E-state index contributed by atoms with van der Waals surface area (Å²) in [6.45, 7) is 6.05. The first-order valence-corrected chi connectivity index (χ1v) is 9.72. The SMILES string of the molecule is CC(=O)N(CCn1ccnc1C)C1CCN(C(=O)Cc2ccccc2F)CC1. The number of amides is 2. The molecule has 1 aliphatic heterocycles. The fourth-order valence-electron chi connectivity index (χ4n) is 3.80. The number of halogens is 1. The lowest BCUT2D eigenvalue weighted by molar-refractivity contribution is -0.135. The predicted molar refractivity (Wildman–Crippen MR) is 104 cm³/mol. The number of aromatic nitrogens is 2. The molecule has 150 valence electrons. The molecule has 2 heterocycles. The molecule has 7 heteroatoms. The fourth-order valence-corrected chi connectivity index (χ4v) is 3.80. The van der Waals surface area contributed by atoms with Crippen LogP contribution in [0.3, 0.4) is 0 Å². The number of carbonyl (C=O) groups is 2. The molecule has 3 rings (SSSR count). The normalized spacial score (nSPS) is 14.9. The highest BCUT2D eigenvalue weighted by atomic mass is 19.1. The topological polar surface area (TPSA) is 58.4 Å². The zero-order valence-corrected chi connectivity index (χ0v) is 16.5. The number of piperidine rings is 1. The molecule has 0 atom stereocenters. The summed E-state index contributed by atoms with van der Waals surface area (Å²) >= 11 is 0. The number of hydrogen-bond acceptors (Lipinski definition) is 3. The Morgan fingerprint density at radius 3 is 2.57 bits per heavy atom. The first-order valence-electron chi connectivity index (χ1n) is 9.72. The third kappa shape index (κ3) is 4.77. The molecular weight excluding hydrogens is 359 g/mol. The van der Waals surface area contributed by atoms with Crippen molar-refractivity contribution in [2.45, 2.75) is 45.7 Å². The molecule has 28 heavy (non-hydrogen) atoms. The molecule has 0 aliphatic carbocycles. The van der Waals surface area contributed by atoms with Gasteiger partial charge in [0.2, 0.25) is 11.8 Å². The summed E-state index contributed by atoms with van der Waals surface area (Å²) in [5.41, 5.74) is 0.427. The minimum atomic E-state index is -0.344. The first kappa shape index (κ1) is 20.0. The van der Waals surface area contributed by atoms with Gasteiger partial charge in [-0.3, -0.25) is 9.59 Å². The number of carbonyl (C=O) groups excluding carboxylic acids is 2. The van der Waals surface area contributed by atoms with Crippen LogP contribution < -0.4 is 0 Å². The second-order valence-corrected chi connectivity index (χ2v) is 7.26. The van der Waals surface area contributed by atoms with E-state index in [-0.39, 0.29) is 30.1 Å². The molecule has 0 saturated carbocycles. The maximum atomic E-state index is 13.8. The molecule has 1 aromatic heterocycles. The smallest absolute Gasteiger partial charge is 0.227 e. The number of likely N-dealkylation sites (tertiary alicyclic amines) is 1. The summed E-state index contributed by atoms with van der Waals surface area (Å²) < 4.78 is 15.8. The summed E-state index contributed by atoms with van der Waals surface area (Å²) in [6, 6.07) is 6.51. The van der Waals surface area contributed by atoms with E-state index in [1.807, 2.05) is 22.6 Å². The molecule has 2 amide bonds. The van der Waals surface area contributed by atoms with Crippen molar-refractivity contribution in [2.75, 3.05) is 19.6 Å². The lowest BCUT2D eigenvalue weighted by Gasteiger charge is -2.38. The van der Waals surface area contributed by atoms with Crippen LogP contribution in [0, 0.1) is 12.7 Å². The summed E-state index contributed by atoms with van der Waals surface area (Å²) in [7, 11) is 0. The monoisotopic (exact) mass is 386 g/mol. The fraction of sp³-hybridized carbons (Fsp3) is 0.476. The predicted octanol–water partition coefficient (Wildman–Crippen LogP) is 2.41. The van der Waals surface area contributed by atoms with Crippen LogP contribution in [0.25, 0.3) is 0 Å². The van der Waals surface area contributed by atoms with Crippen LogP contribution in [0.1, 0.15) is 31.2 Å². The minimum Gasteiger partial charge on any atom is -0.342 e. The lowest BCUT2D eigenvalue weighted by atomic mass is 10.0. The van der Waals surface area contributed by atoms with Gasteiger partial charge in [0.25, 0.3) is 0 Å². The zero-order valence-electron chi connectivity index (χ0n) is 16.5. The molecule has 1 aliphatic rings. The van der Waals surface area contributed by atoms with Crippen molar-refractivity contribution < 1.29 is 14.0 Å². The standard InChI is InChI=1S/C21H27FN4O2/c1-16-23-9-12-24(16)13-14-26(17(2)27)19-7-10-25(11-8-19)21(28)15-18-5-3-4-6-20(18)22/h3-6,9,12,19H,7-8,10-11,13-15H2,1-2H3. The van der Waals surface area contributed by atoms with E-state index in [1.165, 1.54) is 6.07 Å². The summed E-state index contributed by atoms with van der Waals surface area (Å²) in [5.74, 6) is 0.571. The van der Waals surface area contributed by atoms with Gasteiger partial charge in [-0.05, 0) is 31.4 Å². The van der Waals surface area contributed by atoms with Crippen LogP contribution in [-0.2, 0) is 22.6 Å². The van der Waals surface area contributed by atoms with Gasteiger partial charge in [0.1, 0.15) is 11.6 Å². The molecular formula is C21H27FN4O2. The van der Waals surface area contributed by atoms with Crippen LogP contribution in [0.2, 0.25) is 0 Å². The van der Waals surface area contributed by atoms with Crippen molar-refractivity contribution in [1.29, 1.82) is 0 Å². The van der Waals surface area contributed by atoms with Crippen molar-refractivity contribution in [3.63, 3.8) is 0 Å². The Hall–Kier alpha value is -2.70. The molecule has 1 aromatic carbocycles. The van der Waals surface area contributed by atoms with Crippen molar-refractivity contribution >= 4 is 11.8 Å². The minimum absolute atomic E-state index is 0.0499. The van der Waals surface area contributed by atoms with Crippen LogP contribution in [0.15, 0.2) is 36.7 Å². The van der Waals surface area contributed by atoms with E-state index in [2.05, 4.69) is 4.98 Å². The van der Waals surface area contributed by atoms with Crippen LogP contribution in [0.5, 0.6) is 0 Å². The molecule has 1 fully saturated rings. The third-order valence-electron chi connectivity index (χ3n) is 5.47. The zero-order chi connectivity index (χ0) is 20.1. The quantitative estimate of drug-likeness (QED) is 0.766. The van der Waals surface area contributed by atoms with Gasteiger partial charge >= 0.3 is 0 Å². The molecule has 0 radical (unpaired) electrons. The number of benzene rings is 1. The van der Waals surface area contributed by atoms with Crippen LogP contribution in [0.4, 0.5) is 4.39 Å². The maximum absolute atomic E-state index is 13.8. The van der Waals surface area contributed by atoms with Crippen LogP contribution in [-0.4, -0.2) is 56.8 Å². The Labute approximate surface area is 165 Å². The average Bonchev–Trinajstić information content (AvgIpc) is 3.09. The van der Waals surface area contributed by atoms with Gasteiger partial charge in [-0.25, -0.2) is 9.37 Å². The van der Waals surface area contributed by atoms with E-state index in [1.54, 1.807) is 36.2 Å². The van der Waals surface area contributed by atoms with Crippen molar-refractivity contribution in [1.82, 2.24) is 19.4 Å². The van der Waals surface area contributed by atoms with E-state index in [0.717, 1.165) is 18.7 Å². The Morgan fingerprint density at radius 2 is 1.96 bits per heavy atom. The summed E-state index contributed by atoms with van der Waals surface area (Å²) in [6.07, 6.45) is 5.23. The summed E-state index contributed by atoms with van der Waals surface area (Å²) in [4.78, 5) is 32.6. The number of rotatable bonds is 6. The van der Waals surface area contributed by atoms with E-state index >= 15 is 0 Å². The molecule has 0 bridgehead atoms.